The molecular formula is C29H35ClN4O4S. The Kier molecular flexibility index (Phi) is 8.44. The van der Waals surface area contributed by atoms with Crippen LogP contribution in [0.2, 0.25) is 5.02 Å². The molecule has 3 aromatic rings. The van der Waals surface area contributed by atoms with Gasteiger partial charge in [-0.1, -0.05) is 54.1 Å². The van der Waals surface area contributed by atoms with Gasteiger partial charge in [0.05, 0.1) is 30.3 Å². The SMILES string of the molecule is Cc1cccc(Cl)c1S(=O)(=O)N1CCn2cccc2C1CC(=O)N(C)C(CN1CCOCC1)c1ccccc1. The number of hydrogen-bond donors (Lipinski definition) is 0. The fraction of sp³-hybridized carbons (Fsp3) is 0.414. The van der Waals surface area contributed by atoms with Crippen molar-refractivity contribution in [3.63, 3.8) is 0 Å². The number of carbonyl (C=O) groups excluding carboxylic acids is 1. The van der Waals surface area contributed by atoms with Gasteiger partial charge >= 0.3 is 0 Å². The highest BCUT2D eigenvalue weighted by atomic mass is 35.5. The molecule has 10 heteroatoms. The van der Waals surface area contributed by atoms with E-state index in [0.29, 0.717) is 31.9 Å². The number of halogens is 1. The molecule has 0 saturated carbocycles. The molecule has 2 aliphatic rings. The molecule has 0 spiro atoms. The summed E-state index contributed by atoms with van der Waals surface area (Å²) in [6, 6.07) is 18.1. The molecule has 39 heavy (non-hydrogen) atoms. The zero-order valence-electron chi connectivity index (χ0n) is 22.4. The average molecular weight is 571 g/mol. The number of aryl methyl sites for hydroxylation is 1. The molecule has 2 unspecified atom stereocenters. The van der Waals surface area contributed by atoms with Crippen LogP contribution in [0.1, 0.15) is 35.3 Å². The molecule has 8 nitrogen and oxygen atoms in total. The minimum Gasteiger partial charge on any atom is -0.379 e. The molecule has 3 heterocycles. The van der Waals surface area contributed by atoms with Crippen molar-refractivity contribution in [3.8, 4) is 0 Å². The van der Waals surface area contributed by atoms with Gasteiger partial charge in [-0.3, -0.25) is 9.69 Å². The van der Waals surface area contributed by atoms with Crippen molar-refractivity contribution in [2.75, 3.05) is 46.4 Å². The molecule has 0 N–H and O–H groups in total. The number of likely N-dealkylation sites (N-methyl/N-ethyl adjacent to an activating group) is 1. The topological polar surface area (TPSA) is 75.1 Å². The number of hydrogen-bond acceptors (Lipinski definition) is 5. The van der Waals surface area contributed by atoms with Gasteiger partial charge in [-0.15, -0.1) is 0 Å². The standard InChI is InChI=1S/C29H35ClN4O4S/c1-22-8-6-11-24(30)29(22)39(36,37)34-15-14-33-13-7-12-25(33)26(34)20-28(35)31(2)27(23-9-4-3-5-10-23)21-32-16-18-38-19-17-32/h3-13,26-27H,14-21H2,1-2H3. The summed E-state index contributed by atoms with van der Waals surface area (Å²) in [6.07, 6.45) is 1.96. The van der Waals surface area contributed by atoms with Gasteiger partial charge < -0.3 is 14.2 Å². The van der Waals surface area contributed by atoms with E-state index in [0.717, 1.165) is 24.3 Å². The lowest BCUT2D eigenvalue weighted by Gasteiger charge is -2.39. The predicted molar refractivity (Wildman–Crippen MR) is 151 cm³/mol. The van der Waals surface area contributed by atoms with Gasteiger partial charge in [0, 0.05) is 58.1 Å². The molecule has 2 atom stereocenters. The lowest BCUT2D eigenvalue weighted by molar-refractivity contribution is -0.134. The van der Waals surface area contributed by atoms with Crippen LogP contribution in [0, 0.1) is 6.92 Å². The molecule has 2 aliphatic heterocycles. The van der Waals surface area contributed by atoms with Crippen molar-refractivity contribution < 1.29 is 17.9 Å². The second kappa shape index (κ2) is 11.8. The van der Waals surface area contributed by atoms with Crippen molar-refractivity contribution in [2.24, 2.45) is 0 Å². The number of nitrogens with zero attached hydrogens (tertiary/aromatic N) is 4. The summed E-state index contributed by atoms with van der Waals surface area (Å²) in [4.78, 5) is 18.2. The quantitative estimate of drug-likeness (QED) is 0.407. The van der Waals surface area contributed by atoms with Crippen LogP contribution in [0.25, 0.3) is 0 Å². The van der Waals surface area contributed by atoms with E-state index in [4.69, 9.17) is 16.3 Å². The van der Waals surface area contributed by atoms with Crippen molar-refractivity contribution >= 4 is 27.5 Å². The van der Waals surface area contributed by atoms with Crippen LogP contribution < -0.4 is 0 Å². The zero-order valence-corrected chi connectivity index (χ0v) is 23.9. The second-order valence-electron chi connectivity index (χ2n) is 10.2. The molecule has 1 amide bonds. The number of rotatable bonds is 8. The summed E-state index contributed by atoms with van der Waals surface area (Å²) in [7, 11) is -2.15. The van der Waals surface area contributed by atoms with Crippen LogP contribution in [0.4, 0.5) is 0 Å². The van der Waals surface area contributed by atoms with Crippen molar-refractivity contribution in [2.45, 2.75) is 36.9 Å². The number of ether oxygens (including phenoxy) is 1. The van der Waals surface area contributed by atoms with E-state index < -0.39 is 16.1 Å². The lowest BCUT2D eigenvalue weighted by atomic mass is 10.0. The number of fused-ring (bicyclic) bond motifs is 1. The van der Waals surface area contributed by atoms with Gasteiger partial charge in [-0.05, 0) is 36.2 Å². The van der Waals surface area contributed by atoms with Crippen LogP contribution in [-0.2, 0) is 26.1 Å². The highest BCUT2D eigenvalue weighted by molar-refractivity contribution is 7.89. The van der Waals surface area contributed by atoms with E-state index in [2.05, 4.69) is 4.90 Å². The molecule has 0 bridgehead atoms. The third kappa shape index (κ3) is 5.78. The Bertz CT molecular complexity index is 1390. The maximum Gasteiger partial charge on any atom is 0.245 e. The van der Waals surface area contributed by atoms with E-state index in [1.54, 1.807) is 30.0 Å². The molecule has 2 aromatic carbocycles. The maximum absolute atomic E-state index is 14.0. The van der Waals surface area contributed by atoms with Crippen LogP contribution >= 0.6 is 11.6 Å². The van der Waals surface area contributed by atoms with Crippen LogP contribution in [0.5, 0.6) is 0 Å². The molecule has 1 fully saturated rings. The second-order valence-corrected chi connectivity index (χ2v) is 12.4. The summed E-state index contributed by atoms with van der Waals surface area (Å²) in [5, 5.41) is 0.188. The van der Waals surface area contributed by atoms with Crippen LogP contribution in [-0.4, -0.2) is 79.4 Å². The third-order valence-corrected chi connectivity index (χ3v) is 10.3. The van der Waals surface area contributed by atoms with E-state index in [1.165, 1.54) is 4.31 Å². The number of benzene rings is 2. The Morgan fingerprint density at radius 2 is 1.77 bits per heavy atom. The van der Waals surface area contributed by atoms with Crippen molar-refractivity contribution in [1.29, 1.82) is 0 Å². The number of morpholine rings is 1. The third-order valence-electron chi connectivity index (χ3n) is 7.79. The summed E-state index contributed by atoms with van der Waals surface area (Å²) in [5.74, 6) is -0.118. The molecule has 1 saturated heterocycles. The summed E-state index contributed by atoms with van der Waals surface area (Å²) >= 11 is 6.42. The van der Waals surface area contributed by atoms with Gasteiger partial charge in [0.2, 0.25) is 15.9 Å². The van der Waals surface area contributed by atoms with Gasteiger partial charge in [0.15, 0.2) is 0 Å². The number of aromatic nitrogens is 1. The van der Waals surface area contributed by atoms with E-state index in [1.807, 2.05) is 60.3 Å². The first kappa shape index (κ1) is 27.9. The molecule has 5 rings (SSSR count). The normalized spacial score (nSPS) is 19.4. The Morgan fingerprint density at radius 1 is 1.03 bits per heavy atom. The fourth-order valence-electron chi connectivity index (χ4n) is 5.64. The van der Waals surface area contributed by atoms with Gasteiger partial charge in [0.1, 0.15) is 4.90 Å². The molecule has 1 aromatic heterocycles. The highest BCUT2D eigenvalue weighted by Gasteiger charge is 2.40. The first-order valence-electron chi connectivity index (χ1n) is 13.3. The molecule has 0 aliphatic carbocycles. The van der Waals surface area contributed by atoms with Gasteiger partial charge in [0.25, 0.3) is 0 Å². The van der Waals surface area contributed by atoms with Gasteiger partial charge in [-0.2, -0.15) is 4.31 Å². The van der Waals surface area contributed by atoms with E-state index in [9.17, 15) is 13.2 Å². The average Bonchev–Trinajstić information content (AvgIpc) is 3.42. The van der Waals surface area contributed by atoms with E-state index >= 15 is 0 Å². The van der Waals surface area contributed by atoms with E-state index in [-0.39, 0.29) is 34.8 Å². The molecule has 208 valence electrons. The van der Waals surface area contributed by atoms with Gasteiger partial charge in [-0.25, -0.2) is 8.42 Å². The number of carbonyl (C=O) groups is 1. The first-order valence-corrected chi connectivity index (χ1v) is 15.1. The fourth-order valence-corrected chi connectivity index (χ4v) is 8.01. The summed E-state index contributed by atoms with van der Waals surface area (Å²) in [5.41, 5.74) is 2.43. The number of amides is 1. The number of sulfonamides is 1. The van der Waals surface area contributed by atoms with Crippen LogP contribution in [0.15, 0.2) is 71.8 Å². The van der Waals surface area contributed by atoms with Crippen molar-refractivity contribution in [1.82, 2.24) is 18.7 Å². The largest absolute Gasteiger partial charge is 0.379 e. The lowest BCUT2D eigenvalue weighted by Crippen LogP contribution is -2.46. The monoisotopic (exact) mass is 570 g/mol. The summed E-state index contributed by atoms with van der Waals surface area (Å²) < 4.78 is 37.1. The van der Waals surface area contributed by atoms with Crippen molar-refractivity contribution in [3.05, 3.63) is 88.7 Å². The minimum absolute atomic E-state index is 0.0235. The van der Waals surface area contributed by atoms with Crippen LogP contribution in [0.3, 0.4) is 0 Å². The Morgan fingerprint density at radius 3 is 2.49 bits per heavy atom. The Labute approximate surface area is 235 Å². The minimum atomic E-state index is -3.96. The predicted octanol–water partition coefficient (Wildman–Crippen LogP) is 4.12. The first-order chi connectivity index (χ1) is 18.8. The molecule has 0 radical (unpaired) electrons. The Balaban J connectivity index is 1.45. The molecular weight excluding hydrogens is 536 g/mol. The zero-order chi connectivity index (χ0) is 27.6. The maximum atomic E-state index is 14.0. The smallest absolute Gasteiger partial charge is 0.245 e. The summed E-state index contributed by atoms with van der Waals surface area (Å²) in [6.45, 7) is 6.16. The highest BCUT2D eigenvalue weighted by Crippen LogP contribution is 2.38. The Hall–Kier alpha value is -2.69.